The van der Waals surface area contributed by atoms with Gasteiger partial charge in [0.15, 0.2) is 0 Å². The molecule has 0 aliphatic carbocycles. The van der Waals surface area contributed by atoms with Crippen LogP contribution >= 0.6 is 0 Å². The van der Waals surface area contributed by atoms with Crippen LogP contribution in [-0.4, -0.2) is 6.54 Å². The number of rotatable bonds is 3. The molecule has 0 fully saturated rings. The van der Waals surface area contributed by atoms with Gasteiger partial charge in [-0.25, -0.2) is 0 Å². The summed E-state index contributed by atoms with van der Waals surface area (Å²) in [7, 11) is 0. The van der Waals surface area contributed by atoms with Gasteiger partial charge in [-0.3, -0.25) is 0 Å². The molecule has 15 heavy (non-hydrogen) atoms. The molecule has 0 aromatic heterocycles. The van der Waals surface area contributed by atoms with E-state index >= 15 is 0 Å². The van der Waals surface area contributed by atoms with Crippen LogP contribution in [0.25, 0.3) is 11.1 Å². The van der Waals surface area contributed by atoms with Gasteiger partial charge in [0.25, 0.3) is 0 Å². The molecule has 0 saturated heterocycles. The zero-order valence-corrected chi connectivity index (χ0v) is 8.69. The first kappa shape index (κ1) is 9.94. The molecule has 0 amide bonds. The van der Waals surface area contributed by atoms with Crippen LogP contribution in [0.1, 0.15) is 5.56 Å². The highest BCUT2D eigenvalue weighted by Crippen LogP contribution is 2.19. The Morgan fingerprint density at radius 1 is 0.800 bits per heavy atom. The Bertz CT molecular complexity index is 420. The zero-order valence-electron chi connectivity index (χ0n) is 8.69. The van der Waals surface area contributed by atoms with Crippen molar-refractivity contribution in [3.8, 4) is 11.1 Å². The second kappa shape index (κ2) is 4.76. The third kappa shape index (κ3) is 2.45. The van der Waals surface area contributed by atoms with Crippen molar-refractivity contribution in [3.63, 3.8) is 0 Å². The van der Waals surface area contributed by atoms with E-state index in [1.165, 1.54) is 16.7 Å². The molecule has 0 atom stereocenters. The van der Waals surface area contributed by atoms with E-state index in [1.54, 1.807) is 0 Å². The highest BCUT2D eigenvalue weighted by atomic mass is 14.5. The Morgan fingerprint density at radius 2 is 1.53 bits per heavy atom. The SMILES string of the molecule is NCCc1cccc(-c2ccccc2)c1. The molecule has 1 nitrogen and oxygen atoms in total. The second-order valence-corrected chi connectivity index (χ2v) is 3.61. The van der Waals surface area contributed by atoms with Gasteiger partial charge in [0.2, 0.25) is 0 Å². The Balaban J connectivity index is 2.33. The molecule has 0 aliphatic heterocycles. The fraction of sp³-hybridized carbons (Fsp3) is 0.143. The molecule has 76 valence electrons. The van der Waals surface area contributed by atoms with E-state index in [9.17, 15) is 0 Å². The topological polar surface area (TPSA) is 26.0 Å². The summed E-state index contributed by atoms with van der Waals surface area (Å²) >= 11 is 0. The van der Waals surface area contributed by atoms with Crippen molar-refractivity contribution in [3.05, 3.63) is 60.2 Å². The van der Waals surface area contributed by atoms with Gasteiger partial charge in [-0.05, 0) is 29.7 Å². The Morgan fingerprint density at radius 3 is 2.27 bits per heavy atom. The van der Waals surface area contributed by atoms with Gasteiger partial charge in [-0.1, -0.05) is 54.6 Å². The van der Waals surface area contributed by atoms with Crippen molar-refractivity contribution in [1.82, 2.24) is 0 Å². The lowest BCUT2D eigenvalue weighted by molar-refractivity contribution is 0.969. The third-order valence-corrected chi connectivity index (χ3v) is 2.47. The van der Waals surface area contributed by atoms with Gasteiger partial charge in [-0.2, -0.15) is 0 Å². The molecule has 0 unspecified atom stereocenters. The van der Waals surface area contributed by atoms with E-state index < -0.39 is 0 Å². The average molecular weight is 197 g/mol. The fourth-order valence-electron chi connectivity index (χ4n) is 1.70. The van der Waals surface area contributed by atoms with Gasteiger partial charge in [0.05, 0.1) is 0 Å². The minimum absolute atomic E-state index is 0.707. The van der Waals surface area contributed by atoms with Gasteiger partial charge >= 0.3 is 0 Å². The minimum Gasteiger partial charge on any atom is -0.330 e. The molecule has 2 aromatic carbocycles. The van der Waals surface area contributed by atoms with Gasteiger partial charge in [0, 0.05) is 0 Å². The Hall–Kier alpha value is -1.60. The number of hydrogen-bond acceptors (Lipinski definition) is 1. The predicted octanol–water partition coefficient (Wildman–Crippen LogP) is 2.85. The van der Waals surface area contributed by atoms with E-state index in [4.69, 9.17) is 5.73 Å². The van der Waals surface area contributed by atoms with Crippen LogP contribution in [-0.2, 0) is 6.42 Å². The lowest BCUT2D eigenvalue weighted by Gasteiger charge is -2.04. The van der Waals surface area contributed by atoms with E-state index in [0.29, 0.717) is 6.54 Å². The lowest BCUT2D eigenvalue weighted by atomic mass is 10.0. The Labute approximate surface area is 90.6 Å². The van der Waals surface area contributed by atoms with E-state index in [0.717, 1.165) is 6.42 Å². The van der Waals surface area contributed by atoms with Crippen molar-refractivity contribution in [1.29, 1.82) is 0 Å². The van der Waals surface area contributed by atoms with Gasteiger partial charge in [-0.15, -0.1) is 0 Å². The molecule has 0 heterocycles. The van der Waals surface area contributed by atoms with Crippen LogP contribution in [0.2, 0.25) is 0 Å². The fourth-order valence-corrected chi connectivity index (χ4v) is 1.70. The molecule has 0 aliphatic rings. The summed E-state index contributed by atoms with van der Waals surface area (Å²) < 4.78 is 0. The smallest absolute Gasteiger partial charge is 0.00367 e. The standard InChI is InChI=1S/C14H15N/c15-10-9-12-5-4-8-14(11-12)13-6-2-1-3-7-13/h1-8,11H,9-10,15H2. The van der Waals surface area contributed by atoms with Crippen LogP contribution in [0.4, 0.5) is 0 Å². The normalized spacial score (nSPS) is 10.2. The van der Waals surface area contributed by atoms with Crippen LogP contribution in [0.3, 0.4) is 0 Å². The number of benzene rings is 2. The van der Waals surface area contributed by atoms with Crippen LogP contribution in [0, 0.1) is 0 Å². The van der Waals surface area contributed by atoms with Crippen LogP contribution in [0.5, 0.6) is 0 Å². The third-order valence-electron chi connectivity index (χ3n) is 2.47. The maximum Gasteiger partial charge on any atom is -0.00367 e. The highest BCUT2D eigenvalue weighted by Gasteiger charge is 1.97. The average Bonchev–Trinajstić information content (AvgIpc) is 2.31. The van der Waals surface area contributed by atoms with Crippen LogP contribution in [0.15, 0.2) is 54.6 Å². The van der Waals surface area contributed by atoms with Crippen molar-refractivity contribution in [2.75, 3.05) is 6.54 Å². The van der Waals surface area contributed by atoms with E-state index in [2.05, 4.69) is 48.5 Å². The number of hydrogen-bond donors (Lipinski definition) is 1. The molecule has 2 aromatic rings. The molecular formula is C14H15N. The van der Waals surface area contributed by atoms with E-state index in [1.807, 2.05) is 6.07 Å². The first-order chi connectivity index (χ1) is 7.40. The number of nitrogens with two attached hydrogens (primary N) is 1. The molecule has 0 radical (unpaired) electrons. The summed E-state index contributed by atoms with van der Waals surface area (Å²) in [6.45, 7) is 0.707. The lowest BCUT2D eigenvalue weighted by Crippen LogP contribution is -2.02. The van der Waals surface area contributed by atoms with Crippen molar-refractivity contribution in [2.24, 2.45) is 5.73 Å². The highest BCUT2D eigenvalue weighted by molar-refractivity contribution is 5.63. The molecule has 0 spiro atoms. The molecular weight excluding hydrogens is 182 g/mol. The molecule has 0 bridgehead atoms. The maximum atomic E-state index is 5.55. The largest absolute Gasteiger partial charge is 0.330 e. The predicted molar refractivity (Wildman–Crippen MR) is 64.6 cm³/mol. The summed E-state index contributed by atoms with van der Waals surface area (Å²) in [5.74, 6) is 0. The quantitative estimate of drug-likeness (QED) is 0.804. The summed E-state index contributed by atoms with van der Waals surface area (Å²) in [6.07, 6.45) is 0.945. The maximum absolute atomic E-state index is 5.55. The summed E-state index contributed by atoms with van der Waals surface area (Å²) in [5.41, 5.74) is 9.38. The summed E-state index contributed by atoms with van der Waals surface area (Å²) in [5, 5.41) is 0. The molecule has 1 heteroatoms. The Kier molecular flexibility index (Phi) is 3.15. The molecule has 2 rings (SSSR count). The first-order valence-corrected chi connectivity index (χ1v) is 5.24. The van der Waals surface area contributed by atoms with E-state index in [-0.39, 0.29) is 0 Å². The minimum atomic E-state index is 0.707. The monoisotopic (exact) mass is 197 g/mol. The first-order valence-electron chi connectivity index (χ1n) is 5.24. The summed E-state index contributed by atoms with van der Waals surface area (Å²) in [4.78, 5) is 0. The van der Waals surface area contributed by atoms with Crippen molar-refractivity contribution in [2.45, 2.75) is 6.42 Å². The second-order valence-electron chi connectivity index (χ2n) is 3.61. The summed E-state index contributed by atoms with van der Waals surface area (Å²) in [6, 6.07) is 19.0. The van der Waals surface area contributed by atoms with Gasteiger partial charge in [0.1, 0.15) is 0 Å². The molecule has 2 N–H and O–H groups in total. The van der Waals surface area contributed by atoms with Crippen LogP contribution < -0.4 is 5.73 Å². The van der Waals surface area contributed by atoms with Gasteiger partial charge < -0.3 is 5.73 Å². The van der Waals surface area contributed by atoms with Crippen molar-refractivity contribution < 1.29 is 0 Å². The zero-order chi connectivity index (χ0) is 10.5. The van der Waals surface area contributed by atoms with Crippen molar-refractivity contribution >= 4 is 0 Å². The molecule has 0 saturated carbocycles.